The Balaban J connectivity index is 1.97. The van der Waals surface area contributed by atoms with Gasteiger partial charge in [0.25, 0.3) is 0 Å². The van der Waals surface area contributed by atoms with Gasteiger partial charge in [0.2, 0.25) is 5.91 Å². The van der Waals surface area contributed by atoms with Crippen molar-refractivity contribution in [2.45, 2.75) is 44.0 Å². The number of aryl methyl sites for hydroxylation is 1. The van der Waals surface area contributed by atoms with Crippen LogP contribution in [-0.4, -0.2) is 27.2 Å². The Labute approximate surface area is 156 Å². The molecular formula is C19H21N3OS2. The minimum absolute atomic E-state index is 0.0267. The van der Waals surface area contributed by atoms with Gasteiger partial charge >= 0.3 is 0 Å². The van der Waals surface area contributed by atoms with Crippen LogP contribution in [0.15, 0.2) is 41.0 Å². The fourth-order valence-electron chi connectivity index (χ4n) is 2.51. The zero-order valence-electron chi connectivity index (χ0n) is 14.7. The van der Waals surface area contributed by atoms with Gasteiger partial charge < -0.3 is 5.32 Å². The van der Waals surface area contributed by atoms with Gasteiger partial charge in [-0.1, -0.05) is 41.6 Å². The fraction of sp³-hybridized carbons (Fsp3) is 0.316. The molecule has 4 nitrogen and oxygen atoms in total. The quantitative estimate of drug-likeness (QED) is 0.523. The molecule has 0 unspecified atom stereocenters. The van der Waals surface area contributed by atoms with E-state index in [0.717, 1.165) is 26.4 Å². The number of hydrogen-bond donors (Lipinski definition) is 1. The summed E-state index contributed by atoms with van der Waals surface area (Å²) in [6, 6.07) is 8.58. The summed E-state index contributed by atoms with van der Waals surface area (Å²) in [7, 11) is 0. The van der Waals surface area contributed by atoms with Crippen molar-refractivity contribution < 1.29 is 4.79 Å². The molecule has 6 heteroatoms. The number of hydrogen-bond acceptors (Lipinski definition) is 5. The Morgan fingerprint density at radius 3 is 2.56 bits per heavy atom. The topological polar surface area (TPSA) is 54.9 Å². The second-order valence-corrected chi connectivity index (χ2v) is 8.49. The second-order valence-electron chi connectivity index (χ2n) is 6.30. The zero-order valence-corrected chi connectivity index (χ0v) is 16.4. The number of amides is 1. The van der Waals surface area contributed by atoms with Crippen LogP contribution >= 0.6 is 23.1 Å². The van der Waals surface area contributed by atoms with Crippen molar-refractivity contribution in [1.82, 2.24) is 15.3 Å². The van der Waals surface area contributed by atoms with E-state index in [1.165, 1.54) is 17.3 Å². The maximum Gasteiger partial charge on any atom is 0.233 e. The molecule has 1 aromatic carbocycles. The summed E-state index contributed by atoms with van der Waals surface area (Å²) in [5, 5.41) is 6.75. The molecule has 25 heavy (non-hydrogen) atoms. The molecule has 0 aliphatic rings. The van der Waals surface area contributed by atoms with Crippen molar-refractivity contribution in [2.75, 3.05) is 0 Å². The average Bonchev–Trinajstić information content (AvgIpc) is 3.00. The molecule has 0 spiro atoms. The van der Waals surface area contributed by atoms with E-state index in [2.05, 4.69) is 51.9 Å². The van der Waals surface area contributed by atoms with Gasteiger partial charge in [0.15, 0.2) is 0 Å². The number of benzene rings is 1. The molecule has 2 aromatic heterocycles. The Bertz CT molecular complexity index is 887. The van der Waals surface area contributed by atoms with Crippen LogP contribution in [0.5, 0.6) is 0 Å². The third-order valence-electron chi connectivity index (χ3n) is 3.79. The summed E-state index contributed by atoms with van der Waals surface area (Å²) in [4.78, 5) is 22.1. The molecule has 0 radical (unpaired) electrons. The Morgan fingerprint density at radius 1 is 1.16 bits per heavy atom. The standard InChI is InChI=1S/C19H21N3OS2/c1-11(2)22-17(23)13(4)25-19-16-15(9-24-18(16)20-10-21-19)14-7-5-12(3)6-8-14/h5-11,13H,1-4H3,(H,22,23)/t13-/m1/s1. The molecule has 0 bridgehead atoms. The smallest absolute Gasteiger partial charge is 0.233 e. The van der Waals surface area contributed by atoms with Crippen molar-refractivity contribution in [3.8, 4) is 11.1 Å². The van der Waals surface area contributed by atoms with Crippen molar-refractivity contribution in [3.05, 3.63) is 41.5 Å². The zero-order chi connectivity index (χ0) is 18.0. The van der Waals surface area contributed by atoms with Gasteiger partial charge in [-0.3, -0.25) is 4.79 Å². The van der Waals surface area contributed by atoms with E-state index in [4.69, 9.17) is 0 Å². The molecule has 1 N–H and O–H groups in total. The third-order valence-corrected chi connectivity index (χ3v) is 5.77. The van der Waals surface area contributed by atoms with Crippen LogP contribution in [0.3, 0.4) is 0 Å². The predicted octanol–water partition coefficient (Wildman–Crippen LogP) is 4.67. The van der Waals surface area contributed by atoms with E-state index in [1.54, 1.807) is 17.7 Å². The third kappa shape index (κ3) is 4.02. The van der Waals surface area contributed by atoms with E-state index in [0.29, 0.717) is 0 Å². The largest absolute Gasteiger partial charge is 0.353 e. The van der Waals surface area contributed by atoms with Gasteiger partial charge in [0, 0.05) is 17.0 Å². The van der Waals surface area contributed by atoms with Crippen molar-refractivity contribution in [3.63, 3.8) is 0 Å². The van der Waals surface area contributed by atoms with Gasteiger partial charge in [-0.05, 0) is 33.3 Å². The lowest BCUT2D eigenvalue weighted by Crippen LogP contribution is -2.35. The Kier molecular flexibility index (Phi) is 5.39. The summed E-state index contributed by atoms with van der Waals surface area (Å²) in [5.74, 6) is 0.0267. The van der Waals surface area contributed by atoms with Crippen molar-refractivity contribution in [2.24, 2.45) is 0 Å². The molecule has 0 saturated carbocycles. The second kappa shape index (κ2) is 7.54. The summed E-state index contributed by atoms with van der Waals surface area (Å²) in [6.07, 6.45) is 1.58. The number of thioether (sulfide) groups is 1. The van der Waals surface area contributed by atoms with Crippen LogP contribution < -0.4 is 5.32 Å². The minimum atomic E-state index is -0.216. The number of nitrogens with one attached hydrogen (secondary N) is 1. The highest BCUT2D eigenvalue weighted by Crippen LogP contribution is 2.38. The highest BCUT2D eigenvalue weighted by molar-refractivity contribution is 8.00. The van der Waals surface area contributed by atoms with Crippen LogP contribution in [0, 0.1) is 6.92 Å². The SMILES string of the molecule is Cc1ccc(-c2csc3ncnc(S[C@H](C)C(=O)NC(C)C)c23)cc1. The summed E-state index contributed by atoms with van der Waals surface area (Å²) < 4.78 is 0. The van der Waals surface area contributed by atoms with Crippen LogP contribution in [-0.2, 0) is 4.79 Å². The van der Waals surface area contributed by atoms with Crippen molar-refractivity contribution >= 4 is 39.2 Å². The van der Waals surface area contributed by atoms with Gasteiger partial charge in [-0.2, -0.15) is 0 Å². The minimum Gasteiger partial charge on any atom is -0.353 e. The molecule has 1 amide bonds. The lowest BCUT2D eigenvalue weighted by molar-refractivity contribution is -0.120. The van der Waals surface area contributed by atoms with Crippen molar-refractivity contribution in [1.29, 1.82) is 0 Å². The highest BCUT2D eigenvalue weighted by atomic mass is 32.2. The van der Waals surface area contributed by atoms with Gasteiger partial charge in [0.05, 0.1) is 10.6 Å². The summed E-state index contributed by atoms with van der Waals surface area (Å²) in [6.45, 7) is 7.92. The maximum absolute atomic E-state index is 12.3. The first-order valence-corrected chi connectivity index (χ1v) is 9.98. The number of fused-ring (bicyclic) bond motifs is 1. The van der Waals surface area contributed by atoms with Crippen LogP contribution in [0.4, 0.5) is 0 Å². The summed E-state index contributed by atoms with van der Waals surface area (Å²) >= 11 is 3.09. The summed E-state index contributed by atoms with van der Waals surface area (Å²) in [5.41, 5.74) is 3.50. The first-order chi connectivity index (χ1) is 12.0. The van der Waals surface area contributed by atoms with Gasteiger partial charge in [0.1, 0.15) is 16.2 Å². The molecule has 1 atom stereocenters. The Hall–Kier alpha value is -1.92. The van der Waals surface area contributed by atoms with E-state index in [1.807, 2.05) is 20.8 Å². The fourth-order valence-corrected chi connectivity index (χ4v) is 4.43. The molecule has 0 aliphatic heterocycles. The van der Waals surface area contributed by atoms with E-state index >= 15 is 0 Å². The number of nitrogens with zero attached hydrogens (tertiary/aromatic N) is 2. The molecule has 2 heterocycles. The average molecular weight is 372 g/mol. The highest BCUT2D eigenvalue weighted by Gasteiger charge is 2.20. The monoisotopic (exact) mass is 371 g/mol. The molecule has 0 aliphatic carbocycles. The molecule has 130 valence electrons. The first-order valence-electron chi connectivity index (χ1n) is 8.22. The molecule has 0 saturated heterocycles. The number of thiophene rings is 1. The van der Waals surface area contributed by atoms with E-state index in [-0.39, 0.29) is 17.2 Å². The molecular weight excluding hydrogens is 350 g/mol. The van der Waals surface area contributed by atoms with Gasteiger partial charge in [-0.25, -0.2) is 9.97 Å². The van der Waals surface area contributed by atoms with E-state index in [9.17, 15) is 4.79 Å². The van der Waals surface area contributed by atoms with E-state index < -0.39 is 0 Å². The molecule has 3 rings (SSSR count). The first kappa shape index (κ1) is 17.9. The van der Waals surface area contributed by atoms with Crippen LogP contribution in [0.2, 0.25) is 0 Å². The number of rotatable bonds is 5. The lowest BCUT2D eigenvalue weighted by atomic mass is 10.1. The maximum atomic E-state index is 12.3. The lowest BCUT2D eigenvalue weighted by Gasteiger charge is -2.14. The predicted molar refractivity (Wildman–Crippen MR) is 106 cm³/mol. The van der Waals surface area contributed by atoms with Crippen LogP contribution in [0.1, 0.15) is 26.3 Å². The normalized spacial score (nSPS) is 12.5. The number of carbonyl (C=O) groups is 1. The number of aromatic nitrogens is 2. The Morgan fingerprint density at radius 2 is 1.88 bits per heavy atom. The number of carbonyl (C=O) groups excluding carboxylic acids is 1. The molecule has 3 aromatic rings. The van der Waals surface area contributed by atoms with Gasteiger partial charge in [-0.15, -0.1) is 11.3 Å². The van der Waals surface area contributed by atoms with Crippen LogP contribution in [0.25, 0.3) is 21.3 Å². The molecule has 0 fully saturated rings.